The summed E-state index contributed by atoms with van der Waals surface area (Å²) in [4.78, 5) is 1.78. The highest BCUT2D eigenvalue weighted by Gasteiger charge is 2.03. The third-order valence-corrected chi connectivity index (χ3v) is 15.6. The predicted molar refractivity (Wildman–Crippen MR) is 315 cm³/mol. The summed E-state index contributed by atoms with van der Waals surface area (Å²) in [5, 5.41) is 2.45. The van der Waals surface area contributed by atoms with Crippen LogP contribution in [0.1, 0.15) is 367 Å². The molecule has 71 heavy (non-hydrogen) atoms. The third-order valence-electron chi connectivity index (χ3n) is 15.6. The number of nitrogens with one attached hydrogen (secondary N) is 1. The molecule has 0 fully saturated rings. The number of unbranched alkanes of at least 4 members (excludes halogenated alkanes) is 50. The van der Waals surface area contributed by atoms with Gasteiger partial charge in [0.05, 0.1) is 26.7 Å². The maximum Gasteiger partial charge on any atom is 0.101 e. The number of halogens is 2. The highest BCUT2D eigenvalue weighted by Crippen LogP contribution is 2.17. The second-order valence-electron chi connectivity index (χ2n) is 22.9. The Hall–Kier alpha value is -0.280. The van der Waals surface area contributed by atoms with Crippen LogP contribution >= 0.6 is 0 Å². The molecule has 0 saturated heterocycles. The van der Waals surface area contributed by atoms with Crippen molar-refractivity contribution < 1.29 is 35.0 Å². The molecule has 0 aliphatic carbocycles. The first-order valence-corrected chi connectivity index (χ1v) is 32.9. The van der Waals surface area contributed by atoms with Crippen molar-refractivity contribution in [2.45, 2.75) is 368 Å². The molecule has 0 saturated carbocycles. The normalized spacial score (nSPS) is 11.2. The number of quaternary nitrogens is 2. The van der Waals surface area contributed by atoms with Crippen LogP contribution in [0.25, 0.3) is 0 Å². The van der Waals surface area contributed by atoms with Crippen molar-refractivity contribution in [1.29, 1.82) is 0 Å². The molecule has 0 aromatic heterocycles. The van der Waals surface area contributed by atoms with Gasteiger partial charge >= 0.3 is 0 Å². The van der Waals surface area contributed by atoms with Gasteiger partial charge in [0.15, 0.2) is 0 Å². The molecule has 0 atom stereocenters. The molecule has 0 aliphatic rings. The van der Waals surface area contributed by atoms with Crippen molar-refractivity contribution in [3.05, 3.63) is 35.9 Å². The van der Waals surface area contributed by atoms with Crippen molar-refractivity contribution in [2.24, 2.45) is 0 Å². The molecular weight excluding hydrogens is 904 g/mol. The first kappa shape index (κ1) is 75.0. The molecule has 426 valence electrons. The van der Waals surface area contributed by atoms with E-state index in [0.717, 1.165) is 6.54 Å². The monoisotopic (exact) mass is 1040 g/mol. The van der Waals surface area contributed by atoms with E-state index in [1.807, 2.05) is 0 Å². The molecule has 3 N–H and O–H groups in total. The molecule has 0 radical (unpaired) electrons. The molecule has 0 bridgehead atoms. The zero-order chi connectivity index (χ0) is 49.7. The Morgan fingerprint density at radius 1 is 0.268 bits per heavy atom. The molecule has 1 aromatic carbocycles. The standard InChI is InChI=1S/C47H97N.C20H35N.2ClH/c1-4-6-8-10-12-14-16-18-20-22-24-26-28-30-32-34-36-38-40-42-44-46-48(3)47-45-43-41-39-37-35-33-31-29-27-25-23-21-19-17-15-13-11-9-7-5-2;1-2-3-4-5-6-7-8-9-10-11-15-18-21-19-20-16-13-12-14-17-20;;/h4-47H2,1-3H3;12-14,16-17,21H,2-11,15,18-19H2,1H3;2*1H. The Balaban J connectivity index is -0.00000168. The quantitative estimate of drug-likeness (QED) is 0.0607. The molecule has 1 rings (SSSR count). The Labute approximate surface area is 462 Å². The van der Waals surface area contributed by atoms with E-state index in [0.29, 0.717) is 0 Å². The van der Waals surface area contributed by atoms with Gasteiger partial charge in [0.25, 0.3) is 0 Å². The van der Waals surface area contributed by atoms with Crippen molar-refractivity contribution >= 4 is 0 Å². The number of nitrogens with two attached hydrogens (primary N) is 1. The van der Waals surface area contributed by atoms with Gasteiger partial charge in [-0.15, -0.1) is 0 Å². The summed E-state index contributed by atoms with van der Waals surface area (Å²) in [6, 6.07) is 10.8. The minimum Gasteiger partial charge on any atom is -1.00 e. The molecule has 2 nitrogen and oxygen atoms in total. The number of rotatable bonds is 58. The lowest BCUT2D eigenvalue weighted by atomic mass is 10.0. The van der Waals surface area contributed by atoms with Crippen LogP contribution < -0.4 is 35.0 Å². The van der Waals surface area contributed by atoms with Gasteiger partial charge in [0, 0.05) is 5.56 Å². The predicted octanol–water partition coefficient (Wildman–Crippen LogP) is 15.0. The van der Waals surface area contributed by atoms with Gasteiger partial charge in [-0.05, 0) is 38.5 Å². The van der Waals surface area contributed by atoms with Crippen molar-refractivity contribution in [3.63, 3.8) is 0 Å². The second kappa shape index (κ2) is 69.7. The van der Waals surface area contributed by atoms with Crippen LogP contribution in [-0.4, -0.2) is 26.7 Å². The minimum absolute atomic E-state index is 0. The number of benzene rings is 1. The number of hydrogen-bond donors (Lipinski definition) is 2. The van der Waals surface area contributed by atoms with Gasteiger partial charge in [-0.2, -0.15) is 0 Å². The van der Waals surface area contributed by atoms with E-state index in [4.69, 9.17) is 0 Å². The SMILES string of the molecule is CCCCCCCCCCCCCCCCCCCCCCC[NH+](C)CCCCCCCCCCCCCCCCCCCCCCC.CCCCCCCCCCCCC[NH2+]Cc1ccccc1.[Cl-].[Cl-]. The van der Waals surface area contributed by atoms with Crippen molar-refractivity contribution in [2.75, 3.05) is 26.7 Å². The van der Waals surface area contributed by atoms with Crippen LogP contribution in [0.5, 0.6) is 0 Å². The lowest BCUT2D eigenvalue weighted by molar-refractivity contribution is -0.880. The van der Waals surface area contributed by atoms with E-state index in [9.17, 15) is 0 Å². The summed E-state index contributed by atoms with van der Waals surface area (Å²) in [5.74, 6) is 0. The minimum atomic E-state index is 0. The van der Waals surface area contributed by atoms with Crippen LogP contribution in [0.4, 0.5) is 0 Å². The van der Waals surface area contributed by atoms with E-state index >= 15 is 0 Å². The molecule has 0 spiro atoms. The topological polar surface area (TPSA) is 21.1 Å². The molecule has 4 heteroatoms. The van der Waals surface area contributed by atoms with Gasteiger partial charge in [0.2, 0.25) is 0 Å². The summed E-state index contributed by atoms with van der Waals surface area (Å²) in [6.07, 6.45) is 77.8. The molecule has 0 heterocycles. The Kier molecular flexibility index (Phi) is 73.6. The van der Waals surface area contributed by atoms with Gasteiger partial charge in [-0.3, -0.25) is 0 Å². The van der Waals surface area contributed by atoms with Crippen LogP contribution in [0, 0.1) is 0 Å². The average Bonchev–Trinajstić information content (AvgIpc) is 3.36. The fraction of sp³-hybridized carbons (Fsp3) is 0.910. The largest absolute Gasteiger partial charge is 1.00 e. The lowest BCUT2D eigenvalue weighted by Crippen LogP contribution is -3.09. The maximum absolute atomic E-state index is 2.45. The summed E-state index contributed by atoms with van der Waals surface area (Å²) >= 11 is 0. The fourth-order valence-electron chi connectivity index (χ4n) is 10.7. The Morgan fingerprint density at radius 2 is 0.465 bits per heavy atom. The zero-order valence-electron chi connectivity index (χ0n) is 49.5. The van der Waals surface area contributed by atoms with E-state index in [-0.39, 0.29) is 24.8 Å². The van der Waals surface area contributed by atoms with E-state index in [2.05, 4.69) is 63.5 Å². The maximum atomic E-state index is 2.45. The van der Waals surface area contributed by atoms with Gasteiger partial charge in [-0.25, -0.2) is 0 Å². The first-order valence-electron chi connectivity index (χ1n) is 32.9. The zero-order valence-corrected chi connectivity index (χ0v) is 51.0. The Morgan fingerprint density at radius 3 is 0.690 bits per heavy atom. The lowest BCUT2D eigenvalue weighted by Gasteiger charge is -2.13. The molecule has 1 aromatic rings. The van der Waals surface area contributed by atoms with Gasteiger partial charge in [-0.1, -0.05) is 353 Å². The van der Waals surface area contributed by atoms with E-state index in [1.54, 1.807) is 4.90 Å². The third kappa shape index (κ3) is 67.7. The van der Waals surface area contributed by atoms with E-state index in [1.165, 1.54) is 366 Å². The summed E-state index contributed by atoms with van der Waals surface area (Å²) in [5.41, 5.74) is 1.44. The van der Waals surface area contributed by atoms with Gasteiger partial charge in [0.1, 0.15) is 6.54 Å². The summed E-state index contributed by atoms with van der Waals surface area (Å²) < 4.78 is 0. The molecule has 0 amide bonds. The van der Waals surface area contributed by atoms with E-state index < -0.39 is 0 Å². The Bertz CT molecular complexity index is 959. The molecule has 0 unspecified atom stereocenters. The fourth-order valence-corrected chi connectivity index (χ4v) is 10.7. The first-order chi connectivity index (χ1) is 34.2. The summed E-state index contributed by atoms with van der Waals surface area (Å²) in [7, 11) is 2.44. The highest BCUT2D eigenvalue weighted by atomic mass is 35.5. The van der Waals surface area contributed by atoms with Crippen LogP contribution in [-0.2, 0) is 6.54 Å². The number of hydrogen-bond acceptors (Lipinski definition) is 0. The van der Waals surface area contributed by atoms with Gasteiger partial charge < -0.3 is 35.0 Å². The second-order valence-corrected chi connectivity index (χ2v) is 22.9. The average molecular weight is 1040 g/mol. The molecule has 0 aliphatic heterocycles. The van der Waals surface area contributed by atoms with Crippen LogP contribution in [0.3, 0.4) is 0 Å². The summed E-state index contributed by atoms with van der Waals surface area (Å²) in [6.45, 7) is 12.1. The van der Waals surface area contributed by atoms with Crippen LogP contribution in [0.15, 0.2) is 30.3 Å². The highest BCUT2D eigenvalue weighted by molar-refractivity contribution is 5.12. The van der Waals surface area contributed by atoms with Crippen LogP contribution in [0.2, 0.25) is 0 Å². The van der Waals surface area contributed by atoms with Crippen molar-refractivity contribution in [3.8, 4) is 0 Å². The smallest absolute Gasteiger partial charge is 0.101 e. The van der Waals surface area contributed by atoms with Crippen molar-refractivity contribution in [1.82, 2.24) is 0 Å². The molecular formula is C67H134Cl2N2.